The molecule has 106 valence electrons. The molecule has 2 unspecified atom stereocenters. The Labute approximate surface area is 120 Å². The zero-order chi connectivity index (χ0) is 13.4. The molecule has 1 aliphatic rings. The first kappa shape index (κ1) is 16.0. The highest BCUT2D eigenvalue weighted by atomic mass is 79.9. The van der Waals surface area contributed by atoms with Crippen molar-refractivity contribution >= 4 is 21.9 Å². The van der Waals surface area contributed by atoms with Gasteiger partial charge in [0.25, 0.3) is 0 Å². The third kappa shape index (κ3) is 3.97. The quantitative estimate of drug-likeness (QED) is 0.479. The lowest BCUT2D eigenvalue weighted by Crippen LogP contribution is -2.34. The predicted octanol–water partition coefficient (Wildman–Crippen LogP) is 5.00. The second-order valence-electron chi connectivity index (χ2n) is 5.69. The molecule has 2 atom stereocenters. The molecule has 2 nitrogen and oxygen atoms in total. The number of hydrogen-bond acceptors (Lipinski definition) is 1. The molecule has 1 rings (SSSR count). The highest BCUT2D eigenvalue weighted by Crippen LogP contribution is 2.49. The number of alkyl halides is 1. The van der Waals surface area contributed by atoms with Gasteiger partial charge in [0.2, 0.25) is 0 Å². The Kier molecular flexibility index (Phi) is 7.28. The maximum atomic E-state index is 11.8. The van der Waals surface area contributed by atoms with E-state index in [0.717, 1.165) is 56.7 Å². The maximum Gasteiger partial charge on any atom is 0.309 e. The number of carbonyl (C=O) groups is 1. The first-order valence-corrected chi connectivity index (χ1v) is 8.59. The van der Waals surface area contributed by atoms with Gasteiger partial charge in [-0.2, -0.15) is 0 Å². The number of carboxylic acid groups (broad SMARTS) is 1. The van der Waals surface area contributed by atoms with E-state index >= 15 is 0 Å². The Morgan fingerprint density at radius 1 is 1.33 bits per heavy atom. The zero-order valence-electron chi connectivity index (χ0n) is 11.6. The summed E-state index contributed by atoms with van der Waals surface area (Å²) in [5.41, 5.74) is -0.387. The van der Waals surface area contributed by atoms with Gasteiger partial charge in [-0.25, -0.2) is 0 Å². The van der Waals surface area contributed by atoms with Crippen LogP contribution in [0.5, 0.6) is 0 Å². The van der Waals surface area contributed by atoms with Gasteiger partial charge in [0, 0.05) is 5.33 Å². The van der Waals surface area contributed by atoms with E-state index < -0.39 is 5.97 Å². The molecular weight excluding hydrogens is 292 g/mol. The van der Waals surface area contributed by atoms with Gasteiger partial charge in [0.1, 0.15) is 0 Å². The average Bonchev–Trinajstić information content (AvgIpc) is 2.76. The Morgan fingerprint density at radius 2 is 2.11 bits per heavy atom. The van der Waals surface area contributed by atoms with Crippen molar-refractivity contribution in [2.75, 3.05) is 5.33 Å². The predicted molar refractivity (Wildman–Crippen MR) is 79.2 cm³/mol. The molecule has 1 aliphatic carbocycles. The number of rotatable bonds is 9. The molecule has 0 aromatic rings. The van der Waals surface area contributed by atoms with Gasteiger partial charge >= 0.3 is 5.97 Å². The van der Waals surface area contributed by atoms with E-state index in [2.05, 4.69) is 22.9 Å². The second-order valence-corrected chi connectivity index (χ2v) is 6.49. The molecule has 0 aromatic heterocycles. The standard InChI is InChI=1S/C15H27BrO2/c1-2-3-8-13-9-7-11-15(13,14(17)18)10-5-4-6-12-16/h13H,2-12H2,1H3,(H,17,18). The highest BCUT2D eigenvalue weighted by Gasteiger charge is 2.47. The summed E-state index contributed by atoms with van der Waals surface area (Å²) in [6.07, 6.45) is 10.9. The highest BCUT2D eigenvalue weighted by molar-refractivity contribution is 9.09. The minimum absolute atomic E-state index is 0.387. The SMILES string of the molecule is CCCCC1CCCC1(CCCCCBr)C(=O)O. The number of hydrogen-bond donors (Lipinski definition) is 1. The molecule has 3 heteroatoms. The minimum Gasteiger partial charge on any atom is -0.481 e. The molecule has 0 amide bonds. The third-order valence-electron chi connectivity index (χ3n) is 4.55. The van der Waals surface area contributed by atoms with Crippen LogP contribution in [0.1, 0.15) is 71.1 Å². The molecule has 0 saturated heterocycles. The molecule has 1 fully saturated rings. The molecule has 0 spiro atoms. The lowest BCUT2D eigenvalue weighted by atomic mass is 9.72. The Balaban J connectivity index is 2.57. The van der Waals surface area contributed by atoms with Crippen molar-refractivity contribution in [1.29, 1.82) is 0 Å². The van der Waals surface area contributed by atoms with E-state index in [0.29, 0.717) is 5.92 Å². The van der Waals surface area contributed by atoms with Crippen LogP contribution >= 0.6 is 15.9 Å². The van der Waals surface area contributed by atoms with Crippen molar-refractivity contribution < 1.29 is 9.90 Å². The van der Waals surface area contributed by atoms with Crippen molar-refractivity contribution in [3.05, 3.63) is 0 Å². The normalized spacial score (nSPS) is 27.6. The zero-order valence-corrected chi connectivity index (χ0v) is 13.2. The second kappa shape index (κ2) is 8.19. The summed E-state index contributed by atoms with van der Waals surface area (Å²) < 4.78 is 0. The number of aliphatic carboxylic acids is 1. The topological polar surface area (TPSA) is 37.3 Å². The molecule has 18 heavy (non-hydrogen) atoms. The van der Waals surface area contributed by atoms with Crippen LogP contribution in [0.4, 0.5) is 0 Å². The molecule has 1 N–H and O–H groups in total. The molecule has 0 bridgehead atoms. The Hall–Kier alpha value is -0.0500. The van der Waals surface area contributed by atoms with Crippen LogP contribution in [0, 0.1) is 11.3 Å². The summed E-state index contributed by atoms with van der Waals surface area (Å²) in [4.78, 5) is 11.8. The van der Waals surface area contributed by atoms with Gasteiger partial charge in [0.15, 0.2) is 0 Å². The van der Waals surface area contributed by atoms with E-state index in [1.165, 1.54) is 12.8 Å². The van der Waals surface area contributed by atoms with Gasteiger partial charge in [0.05, 0.1) is 5.41 Å². The van der Waals surface area contributed by atoms with Gasteiger partial charge in [-0.3, -0.25) is 4.79 Å². The lowest BCUT2D eigenvalue weighted by Gasteiger charge is -2.31. The van der Waals surface area contributed by atoms with Crippen molar-refractivity contribution in [2.45, 2.75) is 71.1 Å². The van der Waals surface area contributed by atoms with Gasteiger partial charge in [-0.15, -0.1) is 0 Å². The van der Waals surface area contributed by atoms with Crippen molar-refractivity contribution in [3.8, 4) is 0 Å². The van der Waals surface area contributed by atoms with Crippen LogP contribution in [0.3, 0.4) is 0 Å². The van der Waals surface area contributed by atoms with Crippen molar-refractivity contribution in [3.63, 3.8) is 0 Å². The van der Waals surface area contributed by atoms with Crippen LogP contribution in [-0.2, 0) is 4.79 Å². The molecule has 0 heterocycles. The van der Waals surface area contributed by atoms with E-state index in [4.69, 9.17) is 0 Å². The summed E-state index contributed by atoms with van der Waals surface area (Å²) in [5, 5.41) is 10.7. The van der Waals surface area contributed by atoms with E-state index in [1.54, 1.807) is 0 Å². The van der Waals surface area contributed by atoms with E-state index in [1.807, 2.05) is 0 Å². The van der Waals surface area contributed by atoms with Gasteiger partial charge in [-0.05, 0) is 38.0 Å². The maximum absolute atomic E-state index is 11.8. The fourth-order valence-electron chi connectivity index (χ4n) is 3.44. The summed E-state index contributed by atoms with van der Waals surface area (Å²) in [6, 6.07) is 0. The minimum atomic E-state index is -0.528. The summed E-state index contributed by atoms with van der Waals surface area (Å²) in [6.45, 7) is 2.19. The number of halogens is 1. The van der Waals surface area contributed by atoms with Crippen LogP contribution in [-0.4, -0.2) is 16.4 Å². The Morgan fingerprint density at radius 3 is 2.72 bits per heavy atom. The van der Waals surface area contributed by atoms with Crippen LogP contribution in [0.2, 0.25) is 0 Å². The number of carboxylic acids is 1. The number of unbranched alkanes of at least 4 members (excludes halogenated alkanes) is 3. The summed E-state index contributed by atoms with van der Waals surface area (Å²) in [5.74, 6) is -0.0983. The first-order chi connectivity index (χ1) is 8.67. The van der Waals surface area contributed by atoms with Gasteiger partial charge < -0.3 is 5.11 Å². The fraction of sp³-hybridized carbons (Fsp3) is 0.933. The summed E-state index contributed by atoms with van der Waals surface area (Å²) in [7, 11) is 0. The largest absolute Gasteiger partial charge is 0.481 e. The smallest absolute Gasteiger partial charge is 0.309 e. The van der Waals surface area contributed by atoms with Crippen molar-refractivity contribution in [2.24, 2.45) is 11.3 Å². The Bertz CT molecular complexity index is 255. The lowest BCUT2D eigenvalue weighted by molar-refractivity contribution is -0.152. The monoisotopic (exact) mass is 318 g/mol. The van der Waals surface area contributed by atoms with E-state index in [9.17, 15) is 9.90 Å². The van der Waals surface area contributed by atoms with Crippen LogP contribution in [0.25, 0.3) is 0 Å². The molecule has 0 aliphatic heterocycles. The van der Waals surface area contributed by atoms with Gasteiger partial charge in [-0.1, -0.05) is 55.0 Å². The molecule has 1 saturated carbocycles. The average molecular weight is 319 g/mol. The first-order valence-electron chi connectivity index (χ1n) is 7.46. The molecular formula is C15H27BrO2. The van der Waals surface area contributed by atoms with E-state index in [-0.39, 0.29) is 5.41 Å². The molecule has 0 aromatic carbocycles. The fourth-order valence-corrected chi connectivity index (χ4v) is 3.84. The molecule has 0 radical (unpaired) electrons. The van der Waals surface area contributed by atoms with Crippen LogP contribution in [0.15, 0.2) is 0 Å². The third-order valence-corrected chi connectivity index (χ3v) is 5.11. The van der Waals surface area contributed by atoms with Crippen molar-refractivity contribution in [1.82, 2.24) is 0 Å². The van der Waals surface area contributed by atoms with Crippen LogP contribution < -0.4 is 0 Å². The summed E-state index contributed by atoms with van der Waals surface area (Å²) >= 11 is 3.44.